The first-order chi connectivity index (χ1) is 5.07. The van der Waals surface area contributed by atoms with Gasteiger partial charge in [0.2, 0.25) is 0 Å². The SMILES string of the molecule is C#CC(C)NCC(N)C(=O)O. The molecule has 0 saturated carbocycles. The highest BCUT2D eigenvalue weighted by Crippen LogP contribution is 1.79. The van der Waals surface area contributed by atoms with Crippen LogP contribution in [0.1, 0.15) is 6.92 Å². The van der Waals surface area contributed by atoms with Crippen LogP contribution in [-0.4, -0.2) is 29.7 Å². The molecule has 4 heteroatoms. The van der Waals surface area contributed by atoms with Gasteiger partial charge in [0.15, 0.2) is 0 Å². The number of hydrogen-bond donors (Lipinski definition) is 3. The van der Waals surface area contributed by atoms with Crippen LogP contribution in [0.4, 0.5) is 0 Å². The maximum Gasteiger partial charge on any atom is 0.321 e. The van der Waals surface area contributed by atoms with Crippen molar-refractivity contribution in [3.8, 4) is 12.3 Å². The number of terminal acetylenes is 1. The first kappa shape index (κ1) is 9.95. The van der Waals surface area contributed by atoms with Crippen molar-refractivity contribution in [2.24, 2.45) is 5.73 Å². The molecule has 2 unspecified atom stereocenters. The molecule has 0 heterocycles. The maximum absolute atomic E-state index is 10.2. The van der Waals surface area contributed by atoms with E-state index in [0.29, 0.717) is 0 Å². The molecule has 0 amide bonds. The summed E-state index contributed by atoms with van der Waals surface area (Å²) in [5.41, 5.74) is 5.19. The summed E-state index contributed by atoms with van der Waals surface area (Å²) in [6, 6.07) is -1.02. The van der Waals surface area contributed by atoms with Crippen molar-refractivity contribution in [1.29, 1.82) is 0 Å². The molecule has 0 aliphatic carbocycles. The molecule has 0 radical (unpaired) electrons. The Hall–Kier alpha value is -1.05. The molecule has 0 aromatic heterocycles. The van der Waals surface area contributed by atoms with Crippen LogP contribution in [0.25, 0.3) is 0 Å². The third-order valence-corrected chi connectivity index (χ3v) is 1.21. The van der Waals surface area contributed by atoms with E-state index in [0.717, 1.165) is 0 Å². The Kier molecular flexibility index (Phi) is 4.27. The first-order valence-electron chi connectivity index (χ1n) is 3.25. The summed E-state index contributed by atoms with van der Waals surface area (Å²) in [6.45, 7) is 1.95. The molecule has 0 bridgehead atoms. The van der Waals surface area contributed by atoms with Gasteiger partial charge in [-0.15, -0.1) is 6.42 Å². The third-order valence-electron chi connectivity index (χ3n) is 1.21. The third kappa shape index (κ3) is 4.37. The average molecular weight is 156 g/mol. The van der Waals surface area contributed by atoms with Crippen LogP contribution in [0.5, 0.6) is 0 Å². The van der Waals surface area contributed by atoms with Crippen molar-refractivity contribution < 1.29 is 9.90 Å². The van der Waals surface area contributed by atoms with Crippen LogP contribution >= 0.6 is 0 Å². The van der Waals surface area contributed by atoms with Crippen molar-refractivity contribution in [3.63, 3.8) is 0 Å². The van der Waals surface area contributed by atoms with Crippen molar-refractivity contribution in [1.82, 2.24) is 5.32 Å². The zero-order valence-electron chi connectivity index (χ0n) is 6.37. The number of hydrogen-bond acceptors (Lipinski definition) is 3. The average Bonchev–Trinajstić information content (AvgIpc) is 1.99. The van der Waals surface area contributed by atoms with Gasteiger partial charge in [0.25, 0.3) is 0 Å². The Balaban J connectivity index is 3.55. The summed E-state index contributed by atoms with van der Waals surface area (Å²) in [7, 11) is 0. The minimum absolute atomic E-state index is 0.139. The smallest absolute Gasteiger partial charge is 0.321 e. The normalized spacial score (nSPS) is 15.0. The largest absolute Gasteiger partial charge is 0.480 e. The molecule has 62 valence electrons. The van der Waals surface area contributed by atoms with Gasteiger partial charge in [-0.3, -0.25) is 4.79 Å². The Morgan fingerprint density at radius 2 is 2.45 bits per heavy atom. The highest BCUT2D eigenvalue weighted by Gasteiger charge is 2.10. The van der Waals surface area contributed by atoms with Gasteiger partial charge in [-0.25, -0.2) is 0 Å². The standard InChI is InChI=1S/C7H12N2O2/c1-3-5(2)9-4-6(8)7(10)11/h1,5-6,9H,4,8H2,2H3,(H,10,11). The second-order valence-electron chi connectivity index (χ2n) is 2.24. The highest BCUT2D eigenvalue weighted by molar-refractivity contribution is 5.73. The van der Waals surface area contributed by atoms with Gasteiger partial charge in [-0.05, 0) is 6.92 Å². The van der Waals surface area contributed by atoms with E-state index < -0.39 is 12.0 Å². The molecule has 0 aliphatic rings. The number of carboxylic acid groups (broad SMARTS) is 1. The molecule has 2 atom stereocenters. The molecular weight excluding hydrogens is 144 g/mol. The summed E-state index contributed by atoms with van der Waals surface area (Å²) in [6.07, 6.45) is 5.03. The van der Waals surface area contributed by atoms with E-state index in [-0.39, 0.29) is 12.6 Å². The number of aliphatic carboxylic acids is 1. The van der Waals surface area contributed by atoms with Gasteiger partial charge in [-0.1, -0.05) is 5.92 Å². The Morgan fingerprint density at radius 3 is 2.82 bits per heavy atom. The zero-order valence-corrected chi connectivity index (χ0v) is 6.37. The Morgan fingerprint density at radius 1 is 1.91 bits per heavy atom. The Bertz CT molecular complexity index is 174. The van der Waals surface area contributed by atoms with E-state index in [2.05, 4.69) is 11.2 Å². The fourth-order valence-corrected chi connectivity index (χ4v) is 0.450. The van der Waals surface area contributed by atoms with Gasteiger partial charge >= 0.3 is 5.97 Å². The first-order valence-corrected chi connectivity index (χ1v) is 3.25. The van der Waals surface area contributed by atoms with E-state index in [1.807, 2.05) is 0 Å². The number of carbonyl (C=O) groups is 1. The highest BCUT2D eigenvalue weighted by atomic mass is 16.4. The van der Waals surface area contributed by atoms with Crippen molar-refractivity contribution >= 4 is 5.97 Å². The fraction of sp³-hybridized carbons (Fsp3) is 0.571. The van der Waals surface area contributed by atoms with Crippen molar-refractivity contribution in [3.05, 3.63) is 0 Å². The van der Waals surface area contributed by atoms with Crippen LogP contribution in [0.15, 0.2) is 0 Å². The quantitative estimate of drug-likeness (QED) is 0.457. The van der Waals surface area contributed by atoms with Crippen molar-refractivity contribution in [2.45, 2.75) is 19.0 Å². The fourth-order valence-electron chi connectivity index (χ4n) is 0.450. The van der Waals surface area contributed by atoms with Gasteiger partial charge < -0.3 is 16.2 Å². The molecular formula is C7H12N2O2. The molecule has 0 aliphatic heterocycles. The van der Waals surface area contributed by atoms with Gasteiger partial charge in [-0.2, -0.15) is 0 Å². The Labute approximate surface area is 65.8 Å². The van der Waals surface area contributed by atoms with E-state index in [1.54, 1.807) is 6.92 Å². The minimum atomic E-state index is -1.03. The molecule has 0 rings (SSSR count). The summed E-state index contributed by atoms with van der Waals surface area (Å²) in [5.74, 6) is 1.37. The maximum atomic E-state index is 10.2. The minimum Gasteiger partial charge on any atom is -0.480 e. The lowest BCUT2D eigenvalue weighted by Gasteiger charge is -2.09. The van der Waals surface area contributed by atoms with Crippen LogP contribution < -0.4 is 11.1 Å². The van der Waals surface area contributed by atoms with Crippen LogP contribution in [0.3, 0.4) is 0 Å². The van der Waals surface area contributed by atoms with Crippen LogP contribution in [0.2, 0.25) is 0 Å². The monoisotopic (exact) mass is 156 g/mol. The lowest BCUT2D eigenvalue weighted by atomic mass is 10.3. The predicted octanol–water partition coefficient (Wildman–Crippen LogP) is -0.990. The second-order valence-corrected chi connectivity index (χ2v) is 2.24. The van der Waals surface area contributed by atoms with Gasteiger partial charge in [0.1, 0.15) is 6.04 Å². The molecule has 0 aromatic carbocycles. The number of nitrogens with two attached hydrogens (primary N) is 1. The van der Waals surface area contributed by atoms with Crippen molar-refractivity contribution in [2.75, 3.05) is 6.54 Å². The van der Waals surface area contributed by atoms with E-state index in [1.165, 1.54) is 0 Å². The molecule has 11 heavy (non-hydrogen) atoms. The zero-order chi connectivity index (χ0) is 8.85. The summed E-state index contributed by atoms with van der Waals surface area (Å²) < 4.78 is 0. The van der Waals surface area contributed by atoms with Gasteiger partial charge in [0.05, 0.1) is 6.04 Å². The number of nitrogens with one attached hydrogen (secondary N) is 1. The molecule has 0 saturated heterocycles. The van der Waals surface area contributed by atoms with E-state index in [9.17, 15) is 4.79 Å². The van der Waals surface area contributed by atoms with Gasteiger partial charge in [0, 0.05) is 6.54 Å². The van der Waals surface area contributed by atoms with Crippen LogP contribution in [-0.2, 0) is 4.79 Å². The predicted molar refractivity (Wildman–Crippen MR) is 41.9 cm³/mol. The van der Waals surface area contributed by atoms with Crippen LogP contribution in [0, 0.1) is 12.3 Å². The molecule has 4 N–H and O–H groups in total. The summed E-state index contributed by atoms with van der Waals surface area (Å²) in [5, 5.41) is 11.1. The second kappa shape index (κ2) is 4.72. The molecule has 0 spiro atoms. The summed E-state index contributed by atoms with van der Waals surface area (Å²) in [4.78, 5) is 10.2. The molecule has 4 nitrogen and oxygen atoms in total. The molecule has 0 fully saturated rings. The lowest BCUT2D eigenvalue weighted by Crippen LogP contribution is -2.42. The number of carboxylic acids is 1. The molecule has 0 aromatic rings. The summed E-state index contributed by atoms with van der Waals surface area (Å²) >= 11 is 0. The topological polar surface area (TPSA) is 75.3 Å². The van der Waals surface area contributed by atoms with E-state index in [4.69, 9.17) is 17.3 Å². The van der Waals surface area contributed by atoms with E-state index >= 15 is 0 Å². The number of rotatable bonds is 4. The lowest BCUT2D eigenvalue weighted by molar-refractivity contribution is -0.138.